The van der Waals surface area contributed by atoms with Crippen LogP contribution < -0.4 is 26.5 Å². The minimum absolute atomic E-state index is 0.0149. The van der Waals surface area contributed by atoms with Crippen LogP contribution in [0.2, 0.25) is 0 Å². The first-order chi connectivity index (χ1) is 18.5. The zero-order valence-corrected chi connectivity index (χ0v) is 23.1. The number of anilines is 2. The standard InChI is InChI=1S/C21H24N8O7S3/c1-3-36-27-11(10-5-37-19(23)24-10)14(30)25-12-15(31)29-6-21(18(34)35,7-38-16(12)29)8-39-20-26-13(22)9(17(32)33)4-28(20)2/h4-5,12,16,22H,3,6-8H2,1-2H3,(H5,23,24,25,30,32,33,34,35)/t12?,16-,21?/m1/s1. The van der Waals surface area contributed by atoms with Crippen molar-refractivity contribution >= 4 is 75.3 Å². The normalized spacial score (nSPS) is 22.6. The number of hydrogen-bond donors (Lipinski definition) is 4. The van der Waals surface area contributed by atoms with Gasteiger partial charge in [0.1, 0.15) is 29.9 Å². The number of carbonyl (C=O) groups excluding carboxylic acids is 3. The second-order valence-electron chi connectivity index (χ2n) is 8.64. The number of nitrogens with one attached hydrogen (secondary N) is 1. The van der Waals surface area contributed by atoms with Gasteiger partial charge in [0.15, 0.2) is 16.4 Å². The molecule has 2 amide bonds. The van der Waals surface area contributed by atoms with Gasteiger partial charge in [-0.2, -0.15) is 0 Å². The number of aliphatic carboxylic acids is 1. The lowest BCUT2D eigenvalue weighted by atomic mass is 9.89. The molecule has 18 heteroatoms. The van der Waals surface area contributed by atoms with Gasteiger partial charge < -0.3 is 41.5 Å². The molecule has 2 fully saturated rings. The molecule has 0 radical (unpaired) electrons. The van der Waals surface area contributed by atoms with Crippen molar-refractivity contribution in [3.63, 3.8) is 0 Å². The first-order valence-corrected chi connectivity index (χ1v) is 14.3. The molecule has 4 rings (SSSR count). The first kappa shape index (κ1) is 28.4. The molecule has 208 valence electrons. The van der Waals surface area contributed by atoms with Crippen molar-refractivity contribution in [1.29, 1.82) is 0 Å². The van der Waals surface area contributed by atoms with E-state index in [-0.39, 0.29) is 52.6 Å². The smallest absolute Gasteiger partial charge is 0.361 e. The van der Waals surface area contributed by atoms with Crippen LogP contribution in [0.5, 0.6) is 0 Å². The Kier molecular flexibility index (Phi) is 8.17. The number of fused-ring (bicyclic) bond motifs is 1. The number of amides is 2. The van der Waals surface area contributed by atoms with Gasteiger partial charge in [-0.1, -0.05) is 5.16 Å². The maximum absolute atomic E-state index is 13.0. The number of hydrogen-bond acceptors (Lipinski definition) is 14. The van der Waals surface area contributed by atoms with Crippen LogP contribution in [-0.4, -0.2) is 85.5 Å². The average molecular weight is 597 g/mol. The molecule has 4 heterocycles. The second kappa shape index (κ2) is 11.2. The summed E-state index contributed by atoms with van der Waals surface area (Å²) in [6, 6.07) is -0.902. The topological polar surface area (TPSA) is 230 Å². The Morgan fingerprint density at radius 3 is 2.77 bits per heavy atom. The lowest BCUT2D eigenvalue weighted by Gasteiger charge is -2.55. The molecule has 2 unspecified atom stereocenters. The molecule has 39 heavy (non-hydrogen) atoms. The van der Waals surface area contributed by atoms with E-state index >= 15 is 0 Å². The number of β-lactam (4-membered cyclic amide) rings is 1. The molecule has 6 N–H and O–H groups in total. The minimum atomic E-state index is -1.43. The van der Waals surface area contributed by atoms with Crippen molar-refractivity contribution in [3.8, 4) is 0 Å². The van der Waals surface area contributed by atoms with Gasteiger partial charge in [-0.25, -0.2) is 14.3 Å². The molecular weight excluding hydrogens is 572 g/mol. The van der Waals surface area contributed by atoms with E-state index in [1.54, 1.807) is 19.4 Å². The molecular formula is C21H24N8O7S3. The highest BCUT2D eigenvalue weighted by Crippen LogP contribution is 2.43. The Morgan fingerprint density at radius 2 is 2.15 bits per heavy atom. The van der Waals surface area contributed by atoms with Crippen molar-refractivity contribution in [2.24, 2.45) is 17.6 Å². The Morgan fingerprint density at radius 1 is 1.41 bits per heavy atom. The summed E-state index contributed by atoms with van der Waals surface area (Å²) >= 11 is 3.38. The summed E-state index contributed by atoms with van der Waals surface area (Å²) in [6.07, 6.45) is 1.29. The minimum Gasteiger partial charge on any atom is -0.549 e. The summed E-state index contributed by atoms with van der Waals surface area (Å²) in [5.74, 6) is -3.84. The molecule has 0 bridgehead atoms. The van der Waals surface area contributed by atoms with Crippen LogP contribution in [0.1, 0.15) is 23.0 Å². The number of oxime groups is 1. The lowest BCUT2D eigenvalue weighted by molar-refractivity contribution is -0.713. The molecule has 0 aliphatic carbocycles. The van der Waals surface area contributed by atoms with Crippen LogP contribution in [0.3, 0.4) is 0 Å². The largest absolute Gasteiger partial charge is 0.549 e. The number of carbonyl (C=O) groups is 4. The highest BCUT2D eigenvalue weighted by molar-refractivity contribution is 8.00. The Labute approximate surface area is 234 Å². The molecule has 0 spiro atoms. The van der Waals surface area contributed by atoms with Crippen LogP contribution in [0.25, 0.3) is 0 Å². The third-order valence-corrected chi connectivity index (χ3v) is 9.55. The summed E-state index contributed by atoms with van der Waals surface area (Å²) < 4.78 is 1.43. The molecule has 3 atom stereocenters. The number of thioether (sulfide) groups is 2. The van der Waals surface area contributed by atoms with E-state index in [2.05, 4.69) is 20.4 Å². The molecule has 2 aromatic rings. The second-order valence-corrected chi connectivity index (χ2v) is 11.6. The fourth-order valence-electron chi connectivity index (χ4n) is 3.90. The highest BCUT2D eigenvalue weighted by Gasteiger charge is 2.56. The van der Waals surface area contributed by atoms with Crippen LogP contribution in [0.15, 0.2) is 21.9 Å². The van der Waals surface area contributed by atoms with Crippen LogP contribution in [0.4, 0.5) is 10.9 Å². The fraction of sp³-hybridized carbons (Fsp3) is 0.429. The van der Waals surface area contributed by atoms with Crippen LogP contribution in [-0.2, 0) is 26.3 Å². The number of aromatic carboxylic acids is 1. The monoisotopic (exact) mass is 596 g/mol. The molecule has 15 nitrogen and oxygen atoms in total. The van der Waals surface area contributed by atoms with E-state index in [0.29, 0.717) is 5.16 Å². The fourth-order valence-corrected chi connectivity index (χ4v) is 7.24. The lowest BCUT2D eigenvalue weighted by Crippen LogP contribution is -2.75. The van der Waals surface area contributed by atoms with Gasteiger partial charge in [0.2, 0.25) is 5.91 Å². The van der Waals surface area contributed by atoms with E-state index in [1.807, 2.05) is 0 Å². The van der Waals surface area contributed by atoms with Gasteiger partial charge >= 0.3 is 11.1 Å². The number of thiazole rings is 1. The number of nitrogen functional groups attached to an aromatic ring is 2. The SMILES string of the molecule is CCON=C(C(=O)NC1C(=O)N2CC(CSc3nc(N)c(C(=O)O)c[n+]3C)(C(=O)[O-])CS[C@H]12)c1csc(N)n1. The number of aryl methyl sites for hydroxylation is 1. The third kappa shape index (κ3) is 5.57. The van der Waals surface area contributed by atoms with Crippen molar-refractivity contribution in [2.45, 2.75) is 23.5 Å². The van der Waals surface area contributed by atoms with Crippen molar-refractivity contribution in [2.75, 3.05) is 36.1 Å². The summed E-state index contributed by atoms with van der Waals surface area (Å²) in [5.41, 5.74) is 9.87. The van der Waals surface area contributed by atoms with E-state index in [1.165, 1.54) is 27.4 Å². The number of nitrogens with zero attached hydrogens (tertiary/aromatic N) is 5. The van der Waals surface area contributed by atoms with Crippen LogP contribution >= 0.6 is 34.9 Å². The van der Waals surface area contributed by atoms with Crippen molar-refractivity contribution in [1.82, 2.24) is 20.2 Å². The molecule has 2 aromatic heterocycles. The van der Waals surface area contributed by atoms with E-state index < -0.39 is 40.6 Å². The molecule has 0 aromatic carbocycles. The number of nitrogens with two attached hydrogens (primary N) is 2. The zero-order valence-electron chi connectivity index (χ0n) is 20.7. The van der Waals surface area contributed by atoms with Gasteiger partial charge in [-0.3, -0.25) is 9.59 Å². The van der Waals surface area contributed by atoms with Gasteiger partial charge in [0.05, 0.1) is 13.0 Å². The van der Waals surface area contributed by atoms with Gasteiger partial charge in [0.25, 0.3) is 11.7 Å². The summed E-state index contributed by atoms with van der Waals surface area (Å²) in [7, 11) is 1.56. The number of carboxylic acid groups (broad SMARTS) is 2. The van der Waals surface area contributed by atoms with Crippen molar-refractivity contribution < 1.29 is 38.8 Å². The maximum Gasteiger partial charge on any atom is 0.361 e. The quantitative estimate of drug-likeness (QED) is 0.0575. The number of rotatable bonds is 10. The van der Waals surface area contributed by atoms with Gasteiger partial charge in [0, 0.05) is 28.8 Å². The van der Waals surface area contributed by atoms with Crippen molar-refractivity contribution in [3.05, 3.63) is 22.8 Å². The Hall–Kier alpha value is -3.64. The van der Waals surface area contributed by atoms with E-state index in [0.717, 1.165) is 23.1 Å². The third-order valence-electron chi connectivity index (χ3n) is 5.95. The number of carboxylic acids is 2. The molecule has 2 aliphatic rings. The molecule has 2 saturated heterocycles. The first-order valence-electron chi connectivity index (χ1n) is 11.4. The van der Waals surface area contributed by atoms with Gasteiger partial charge in [-0.05, 0) is 23.7 Å². The Bertz CT molecular complexity index is 1370. The van der Waals surface area contributed by atoms with Gasteiger partial charge in [-0.15, -0.1) is 23.1 Å². The van der Waals surface area contributed by atoms with Crippen LogP contribution in [0, 0.1) is 5.41 Å². The predicted molar refractivity (Wildman–Crippen MR) is 140 cm³/mol. The summed E-state index contributed by atoms with van der Waals surface area (Å²) in [6.45, 7) is 1.76. The molecule has 2 aliphatic heterocycles. The van der Waals surface area contributed by atoms with E-state index in [9.17, 15) is 29.4 Å². The molecule has 0 saturated carbocycles. The maximum atomic E-state index is 13.0. The Balaban J connectivity index is 1.45. The highest BCUT2D eigenvalue weighted by atomic mass is 32.2. The predicted octanol–water partition coefficient (Wildman–Crippen LogP) is -2.11. The number of aromatic nitrogens is 3. The van der Waals surface area contributed by atoms with E-state index in [4.69, 9.17) is 16.3 Å². The summed E-state index contributed by atoms with van der Waals surface area (Å²) in [4.78, 5) is 64.0. The average Bonchev–Trinajstić information content (AvgIpc) is 3.32. The summed E-state index contributed by atoms with van der Waals surface area (Å²) in [5, 5.41) is 29.5. The zero-order chi connectivity index (χ0) is 28.5.